The molecular weight excluding hydrogens is 238 g/mol. The molecule has 0 unspecified atom stereocenters. The van der Waals surface area contributed by atoms with Gasteiger partial charge in [0.1, 0.15) is 5.75 Å². The van der Waals surface area contributed by atoms with Crippen LogP contribution in [0.4, 0.5) is 0 Å². The molecule has 0 fully saturated rings. The molecule has 0 saturated carbocycles. The average molecular weight is 259 g/mol. The van der Waals surface area contributed by atoms with Gasteiger partial charge in [-0.3, -0.25) is 0 Å². The predicted octanol–water partition coefficient (Wildman–Crippen LogP) is 3.49. The lowest BCUT2D eigenvalue weighted by atomic mass is 10.2. The molecule has 1 aromatic heterocycles. The molecule has 1 aromatic carbocycles. The van der Waals surface area contributed by atoms with Gasteiger partial charge in [-0.1, -0.05) is 17.7 Å². The summed E-state index contributed by atoms with van der Waals surface area (Å²) in [4.78, 5) is 0. The van der Waals surface area contributed by atoms with Gasteiger partial charge in [0.25, 0.3) is 0 Å². The lowest BCUT2D eigenvalue weighted by molar-refractivity contribution is 0.237. The fourth-order valence-electron chi connectivity index (χ4n) is 1.79. The minimum Gasteiger partial charge on any atom is -0.493 e. The third kappa shape index (κ3) is 3.78. The first-order chi connectivity index (χ1) is 9.16. The zero-order valence-electron chi connectivity index (χ0n) is 11.8. The Bertz CT molecular complexity index is 514. The maximum atomic E-state index is 5.70. The van der Waals surface area contributed by atoms with Gasteiger partial charge in [0.05, 0.1) is 13.2 Å². The van der Waals surface area contributed by atoms with Gasteiger partial charge in [-0.15, -0.1) is 0 Å². The molecule has 3 heteroatoms. The normalized spacial score (nSPS) is 10.5. The lowest BCUT2D eigenvalue weighted by Gasteiger charge is -2.09. The molecule has 1 heterocycles. The quantitative estimate of drug-likeness (QED) is 0.741. The van der Waals surface area contributed by atoms with E-state index in [0.29, 0.717) is 13.2 Å². The molecule has 0 atom stereocenters. The van der Waals surface area contributed by atoms with E-state index in [4.69, 9.17) is 9.47 Å². The van der Waals surface area contributed by atoms with E-state index in [2.05, 4.69) is 32.0 Å². The second-order valence-electron chi connectivity index (χ2n) is 4.74. The Labute approximate surface area is 114 Å². The minimum absolute atomic E-state index is 0.670. The molecule has 0 spiro atoms. The number of aromatic nitrogens is 1. The summed E-state index contributed by atoms with van der Waals surface area (Å²) in [5.74, 6) is 1.83. The third-order valence-corrected chi connectivity index (χ3v) is 3.16. The summed E-state index contributed by atoms with van der Waals surface area (Å²) in [6.45, 7) is 5.47. The van der Waals surface area contributed by atoms with Gasteiger partial charge in [0, 0.05) is 25.2 Å². The number of nitrogens with zero attached hydrogens (tertiary/aromatic N) is 1. The SMILES string of the molecule is Cc1ccc(OCCCOc2ccc(C)n2C)cc1. The lowest BCUT2D eigenvalue weighted by Crippen LogP contribution is -2.07. The van der Waals surface area contributed by atoms with Gasteiger partial charge in [-0.25, -0.2) is 0 Å². The van der Waals surface area contributed by atoms with Crippen LogP contribution in [0.1, 0.15) is 17.7 Å². The van der Waals surface area contributed by atoms with Crippen molar-refractivity contribution in [1.29, 1.82) is 0 Å². The molecule has 0 aliphatic carbocycles. The highest BCUT2D eigenvalue weighted by atomic mass is 16.5. The highest BCUT2D eigenvalue weighted by Crippen LogP contribution is 2.15. The van der Waals surface area contributed by atoms with Crippen LogP contribution in [0.25, 0.3) is 0 Å². The Hall–Kier alpha value is -1.90. The van der Waals surface area contributed by atoms with Crippen molar-refractivity contribution in [3.63, 3.8) is 0 Å². The first kappa shape index (κ1) is 13.5. The topological polar surface area (TPSA) is 23.4 Å². The Morgan fingerprint density at radius 3 is 2.21 bits per heavy atom. The summed E-state index contributed by atoms with van der Waals surface area (Å²) in [6.07, 6.45) is 0.873. The molecule has 102 valence electrons. The zero-order valence-corrected chi connectivity index (χ0v) is 11.8. The third-order valence-electron chi connectivity index (χ3n) is 3.16. The highest BCUT2D eigenvalue weighted by Gasteiger charge is 2.01. The van der Waals surface area contributed by atoms with Crippen molar-refractivity contribution >= 4 is 0 Å². The van der Waals surface area contributed by atoms with Crippen LogP contribution in [0.5, 0.6) is 11.6 Å². The van der Waals surface area contributed by atoms with Gasteiger partial charge < -0.3 is 14.0 Å². The summed E-state index contributed by atoms with van der Waals surface area (Å²) in [5, 5.41) is 0. The van der Waals surface area contributed by atoms with Crippen molar-refractivity contribution in [2.45, 2.75) is 20.3 Å². The minimum atomic E-state index is 0.670. The Morgan fingerprint density at radius 2 is 1.58 bits per heavy atom. The molecule has 0 saturated heterocycles. The van der Waals surface area contributed by atoms with Crippen LogP contribution in [0.3, 0.4) is 0 Å². The van der Waals surface area contributed by atoms with Gasteiger partial charge in [0.2, 0.25) is 0 Å². The summed E-state index contributed by atoms with van der Waals surface area (Å²) < 4.78 is 13.4. The molecule has 19 heavy (non-hydrogen) atoms. The zero-order chi connectivity index (χ0) is 13.7. The maximum absolute atomic E-state index is 5.70. The monoisotopic (exact) mass is 259 g/mol. The fourth-order valence-corrected chi connectivity index (χ4v) is 1.79. The predicted molar refractivity (Wildman–Crippen MR) is 76.9 cm³/mol. The van der Waals surface area contributed by atoms with Crippen molar-refractivity contribution < 1.29 is 9.47 Å². The van der Waals surface area contributed by atoms with E-state index in [-0.39, 0.29) is 0 Å². The molecule has 0 aliphatic heterocycles. The number of rotatable bonds is 6. The van der Waals surface area contributed by atoms with Gasteiger partial charge >= 0.3 is 0 Å². The number of benzene rings is 1. The molecular formula is C16H21NO2. The number of hydrogen-bond donors (Lipinski definition) is 0. The molecule has 2 rings (SSSR count). The smallest absolute Gasteiger partial charge is 0.193 e. The average Bonchev–Trinajstić information content (AvgIpc) is 2.72. The largest absolute Gasteiger partial charge is 0.493 e. The highest BCUT2D eigenvalue weighted by molar-refractivity contribution is 5.26. The number of aryl methyl sites for hydroxylation is 2. The van der Waals surface area contributed by atoms with E-state index < -0.39 is 0 Å². The molecule has 0 bridgehead atoms. The summed E-state index contributed by atoms with van der Waals surface area (Å²) in [6, 6.07) is 12.2. The van der Waals surface area contributed by atoms with Crippen LogP contribution in [-0.2, 0) is 7.05 Å². The Morgan fingerprint density at radius 1 is 0.895 bits per heavy atom. The van der Waals surface area contributed by atoms with Gasteiger partial charge in [-0.05, 0) is 32.0 Å². The standard InChI is InChI=1S/C16H21NO2/c1-13-5-8-15(9-6-13)18-11-4-12-19-16-10-7-14(2)17(16)3/h5-10H,4,11-12H2,1-3H3. The molecule has 0 amide bonds. The van der Waals surface area contributed by atoms with E-state index in [1.165, 1.54) is 11.3 Å². The van der Waals surface area contributed by atoms with Crippen molar-refractivity contribution in [2.75, 3.05) is 13.2 Å². The summed E-state index contributed by atoms with van der Waals surface area (Å²) >= 11 is 0. The van der Waals surface area contributed by atoms with Crippen LogP contribution in [-0.4, -0.2) is 17.8 Å². The molecule has 3 nitrogen and oxygen atoms in total. The van der Waals surface area contributed by atoms with Crippen LogP contribution in [0.2, 0.25) is 0 Å². The Kier molecular flexibility index (Phi) is 4.50. The second kappa shape index (κ2) is 6.32. The van der Waals surface area contributed by atoms with Crippen LogP contribution < -0.4 is 9.47 Å². The molecule has 0 N–H and O–H groups in total. The van der Waals surface area contributed by atoms with Gasteiger partial charge in [-0.2, -0.15) is 0 Å². The first-order valence-electron chi connectivity index (χ1n) is 6.61. The first-order valence-corrected chi connectivity index (χ1v) is 6.61. The van der Waals surface area contributed by atoms with E-state index in [1.807, 2.05) is 29.8 Å². The Balaban J connectivity index is 1.67. The van der Waals surface area contributed by atoms with Crippen LogP contribution >= 0.6 is 0 Å². The number of ether oxygens (including phenoxy) is 2. The van der Waals surface area contributed by atoms with Crippen LogP contribution in [0.15, 0.2) is 36.4 Å². The van der Waals surface area contributed by atoms with E-state index in [9.17, 15) is 0 Å². The summed E-state index contributed by atoms with van der Waals surface area (Å²) in [5.41, 5.74) is 2.45. The van der Waals surface area contributed by atoms with Crippen molar-refractivity contribution in [2.24, 2.45) is 7.05 Å². The second-order valence-corrected chi connectivity index (χ2v) is 4.74. The van der Waals surface area contributed by atoms with E-state index in [0.717, 1.165) is 18.1 Å². The maximum Gasteiger partial charge on any atom is 0.193 e. The van der Waals surface area contributed by atoms with Crippen molar-refractivity contribution in [1.82, 2.24) is 4.57 Å². The van der Waals surface area contributed by atoms with E-state index >= 15 is 0 Å². The van der Waals surface area contributed by atoms with Gasteiger partial charge in [0.15, 0.2) is 5.88 Å². The van der Waals surface area contributed by atoms with Crippen molar-refractivity contribution in [3.8, 4) is 11.6 Å². The molecule has 2 aromatic rings. The number of hydrogen-bond acceptors (Lipinski definition) is 2. The summed E-state index contributed by atoms with van der Waals surface area (Å²) in [7, 11) is 2.01. The fraction of sp³-hybridized carbons (Fsp3) is 0.375. The van der Waals surface area contributed by atoms with Crippen LogP contribution in [0, 0.1) is 13.8 Å². The van der Waals surface area contributed by atoms with E-state index in [1.54, 1.807) is 0 Å². The molecule has 0 aliphatic rings. The van der Waals surface area contributed by atoms with Crippen molar-refractivity contribution in [3.05, 3.63) is 47.7 Å². The molecule has 0 radical (unpaired) electrons.